The lowest BCUT2D eigenvalue weighted by Crippen LogP contribution is -2.68. The highest BCUT2D eigenvalue weighted by Crippen LogP contribution is 2.18. The lowest BCUT2D eigenvalue weighted by molar-refractivity contribution is -0.933. The fourth-order valence-corrected chi connectivity index (χ4v) is 4.28. The first kappa shape index (κ1) is 15.9. The Hall–Kier alpha value is -0.940. The van der Waals surface area contributed by atoms with Gasteiger partial charge in [-0.1, -0.05) is 0 Å². The van der Waals surface area contributed by atoms with Crippen molar-refractivity contribution in [2.45, 2.75) is 32.6 Å². The van der Waals surface area contributed by atoms with Crippen LogP contribution in [0.5, 0.6) is 0 Å². The number of quaternary nitrogens is 1. The van der Waals surface area contributed by atoms with E-state index < -0.39 is 0 Å². The van der Waals surface area contributed by atoms with Crippen LogP contribution < -0.4 is 5.32 Å². The van der Waals surface area contributed by atoms with Gasteiger partial charge >= 0.3 is 0 Å². The smallest absolute Gasteiger partial charge is 0.244 e. The number of rotatable bonds is 2. The van der Waals surface area contributed by atoms with E-state index in [1.165, 1.54) is 90.4 Å². The van der Waals surface area contributed by atoms with Crippen LogP contribution in [0.3, 0.4) is 0 Å². The summed E-state index contributed by atoms with van der Waals surface area (Å²) in [6.07, 6.45) is 5.40. The molecule has 5 aliphatic heterocycles. The van der Waals surface area contributed by atoms with Crippen molar-refractivity contribution in [3.8, 4) is 0 Å². The lowest BCUT2D eigenvalue weighted by Gasteiger charge is -2.50. The topological polar surface area (TPSA) is 35.4 Å². The summed E-state index contributed by atoms with van der Waals surface area (Å²) in [6.45, 7) is 13.5. The van der Waals surface area contributed by atoms with Crippen LogP contribution in [0.15, 0.2) is 0 Å². The first-order chi connectivity index (χ1) is 10.7. The molecule has 5 heterocycles. The highest BCUT2D eigenvalue weighted by atomic mass is 16.1. The fourth-order valence-electron chi connectivity index (χ4n) is 4.28. The zero-order valence-electron chi connectivity index (χ0n) is 14.1. The summed E-state index contributed by atoms with van der Waals surface area (Å²) in [7, 11) is 0. The van der Waals surface area contributed by atoms with E-state index in [1.807, 2.05) is 0 Å². The monoisotopic (exact) mass is 308 g/mol. The zero-order valence-corrected chi connectivity index (χ0v) is 14.1. The van der Waals surface area contributed by atoms with Crippen molar-refractivity contribution in [1.82, 2.24) is 10.2 Å². The molecule has 0 aromatic rings. The average Bonchev–Trinajstić information content (AvgIpc) is 2.56. The quantitative estimate of drug-likeness (QED) is 0.588. The second-order valence-corrected chi connectivity index (χ2v) is 7.39. The normalized spacial score (nSPS) is 33.4. The van der Waals surface area contributed by atoms with Gasteiger partial charge in [-0.25, -0.2) is 0 Å². The van der Waals surface area contributed by atoms with Crippen molar-refractivity contribution >= 4 is 11.6 Å². The van der Waals surface area contributed by atoms with Gasteiger partial charge in [0, 0.05) is 39.4 Å². The Bertz CT molecular complexity index is 390. The fraction of sp³-hybridized carbons (Fsp3) is 0.882. The summed E-state index contributed by atoms with van der Waals surface area (Å²) in [4.78, 5) is 13.6. The number of ketones is 1. The first-order valence-corrected chi connectivity index (χ1v) is 9.08. The highest BCUT2D eigenvalue weighted by Gasteiger charge is 2.38. The summed E-state index contributed by atoms with van der Waals surface area (Å²) < 4.78 is 3.58. The third-order valence-corrected chi connectivity index (χ3v) is 5.64. The molecule has 0 aromatic carbocycles. The molecule has 0 saturated carbocycles. The van der Waals surface area contributed by atoms with Crippen LogP contribution in [0.1, 0.15) is 32.6 Å². The van der Waals surface area contributed by atoms with Crippen LogP contribution in [0.25, 0.3) is 0 Å². The highest BCUT2D eigenvalue weighted by molar-refractivity contribution is 5.77. The SMILES string of the molecule is C1CC[N+]2=C(C1)NCCC2.CC(=O)C[N+]12CCN(CC1)CC2. The molecule has 0 unspecified atom stereocenters. The molecular formula is C17H32N4O+2. The van der Waals surface area contributed by atoms with Gasteiger partial charge in [-0.3, -0.25) is 19.6 Å². The van der Waals surface area contributed by atoms with Crippen LogP contribution in [-0.2, 0) is 4.79 Å². The van der Waals surface area contributed by atoms with Gasteiger partial charge in [0.05, 0.1) is 39.3 Å². The second kappa shape index (κ2) is 7.09. The van der Waals surface area contributed by atoms with Crippen molar-refractivity contribution in [2.24, 2.45) is 0 Å². The Morgan fingerprint density at radius 3 is 2.45 bits per heavy atom. The molecule has 1 N–H and O–H groups in total. The number of fused-ring (bicyclic) bond motifs is 3. The lowest BCUT2D eigenvalue weighted by atomic mass is 10.1. The molecule has 0 radical (unpaired) electrons. The number of carbonyl (C=O) groups is 1. The van der Waals surface area contributed by atoms with E-state index in [4.69, 9.17) is 0 Å². The molecule has 5 aliphatic rings. The van der Waals surface area contributed by atoms with E-state index in [1.54, 1.807) is 6.92 Å². The molecule has 3 fully saturated rings. The number of amidine groups is 1. The van der Waals surface area contributed by atoms with E-state index in [-0.39, 0.29) is 0 Å². The molecule has 124 valence electrons. The minimum Gasteiger partial charge on any atom is -0.314 e. The number of carbonyl (C=O) groups excluding carboxylic acids is 1. The maximum Gasteiger partial charge on any atom is 0.244 e. The molecule has 5 heteroatoms. The molecule has 3 saturated heterocycles. The van der Waals surface area contributed by atoms with Crippen molar-refractivity contribution < 1.29 is 13.9 Å². The van der Waals surface area contributed by atoms with Crippen LogP contribution in [0, 0.1) is 0 Å². The third kappa shape index (κ3) is 3.87. The van der Waals surface area contributed by atoms with E-state index in [9.17, 15) is 4.79 Å². The van der Waals surface area contributed by atoms with E-state index in [2.05, 4.69) is 14.8 Å². The van der Waals surface area contributed by atoms with Gasteiger partial charge in [0.25, 0.3) is 0 Å². The molecular weight excluding hydrogens is 276 g/mol. The van der Waals surface area contributed by atoms with Gasteiger partial charge in [0.15, 0.2) is 5.78 Å². The van der Waals surface area contributed by atoms with Crippen molar-refractivity contribution in [1.29, 1.82) is 0 Å². The van der Waals surface area contributed by atoms with Gasteiger partial charge < -0.3 is 4.48 Å². The maximum atomic E-state index is 11.1. The largest absolute Gasteiger partial charge is 0.314 e. The molecule has 0 spiro atoms. The van der Waals surface area contributed by atoms with Crippen LogP contribution >= 0.6 is 0 Å². The van der Waals surface area contributed by atoms with Crippen molar-refractivity contribution in [3.63, 3.8) is 0 Å². The number of hydrogen-bond donors (Lipinski definition) is 1. The molecule has 2 bridgehead atoms. The minimum atomic E-state index is 0.352. The van der Waals surface area contributed by atoms with Crippen LogP contribution in [0.2, 0.25) is 0 Å². The first-order valence-electron chi connectivity index (χ1n) is 9.08. The molecule has 0 aliphatic carbocycles. The average molecular weight is 308 g/mol. The van der Waals surface area contributed by atoms with Gasteiger partial charge in [0.2, 0.25) is 5.84 Å². The minimum absolute atomic E-state index is 0.352. The number of Topliss-reactive ketones (excluding diaryl/α,β-unsaturated/α-hetero) is 1. The molecule has 0 amide bonds. The molecule has 0 atom stereocenters. The predicted octanol–water partition coefficient (Wildman–Crippen LogP) is 0.296. The van der Waals surface area contributed by atoms with Gasteiger partial charge in [0.1, 0.15) is 6.54 Å². The van der Waals surface area contributed by atoms with Gasteiger partial charge in [-0.15, -0.1) is 0 Å². The van der Waals surface area contributed by atoms with E-state index in [0.29, 0.717) is 5.78 Å². The maximum absolute atomic E-state index is 11.1. The zero-order chi connectivity index (χ0) is 15.4. The Balaban J connectivity index is 0.000000133. The Labute approximate surface area is 134 Å². The van der Waals surface area contributed by atoms with Gasteiger partial charge in [-0.05, 0) is 12.8 Å². The summed E-state index contributed by atoms with van der Waals surface area (Å²) in [6, 6.07) is 0. The van der Waals surface area contributed by atoms with E-state index >= 15 is 0 Å². The van der Waals surface area contributed by atoms with Crippen LogP contribution in [-0.4, -0.2) is 91.0 Å². The van der Waals surface area contributed by atoms with E-state index in [0.717, 1.165) is 11.0 Å². The summed E-state index contributed by atoms with van der Waals surface area (Å²) in [5.41, 5.74) is 0. The van der Waals surface area contributed by atoms with Crippen molar-refractivity contribution in [2.75, 3.05) is 65.4 Å². The number of hydrogen-bond acceptors (Lipinski definition) is 3. The summed E-state index contributed by atoms with van der Waals surface area (Å²) in [5.74, 6) is 1.86. The molecule has 5 rings (SSSR count). The number of nitrogens with zero attached hydrogens (tertiary/aromatic N) is 3. The Morgan fingerprint density at radius 2 is 1.82 bits per heavy atom. The summed E-state index contributed by atoms with van der Waals surface area (Å²) >= 11 is 0. The third-order valence-electron chi connectivity index (χ3n) is 5.64. The molecule has 5 nitrogen and oxygen atoms in total. The van der Waals surface area contributed by atoms with Crippen LogP contribution in [0.4, 0.5) is 0 Å². The molecule has 0 aromatic heterocycles. The Kier molecular flexibility index (Phi) is 5.14. The molecule has 22 heavy (non-hydrogen) atoms. The Morgan fingerprint density at radius 1 is 1.14 bits per heavy atom. The van der Waals surface area contributed by atoms with Gasteiger partial charge in [-0.2, -0.15) is 0 Å². The standard InChI is InChI=1S/C9H17N2O.C8H14N2/c1-9(12)8-11-5-2-10(3-6-11)4-7-11;1-2-6-10-7-3-5-9-8(10)4-1/h2-8H2,1H3;1-7H2/q+1;/p+1. The predicted molar refractivity (Wildman–Crippen MR) is 88.3 cm³/mol. The summed E-state index contributed by atoms with van der Waals surface area (Å²) in [5, 5.41) is 3.46. The number of piperazine rings is 3. The number of nitrogens with one attached hydrogen (secondary N) is 1. The second-order valence-electron chi connectivity index (χ2n) is 7.39. The van der Waals surface area contributed by atoms with Crippen molar-refractivity contribution in [3.05, 3.63) is 0 Å².